The summed E-state index contributed by atoms with van der Waals surface area (Å²) >= 11 is 0. The highest BCUT2D eigenvalue weighted by Gasteiger charge is 2.12. The fourth-order valence-corrected chi connectivity index (χ4v) is 1.76. The summed E-state index contributed by atoms with van der Waals surface area (Å²) in [7, 11) is 0. The van der Waals surface area contributed by atoms with E-state index in [4.69, 9.17) is 14.7 Å². The number of aromatic nitrogens is 1. The molecular formula is C13H11N3O3. The van der Waals surface area contributed by atoms with Crippen molar-refractivity contribution in [3.05, 3.63) is 48.0 Å². The van der Waals surface area contributed by atoms with Crippen molar-refractivity contribution in [3.63, 3.8) is 0 Å². The summed E-state index contributed by atoms with van der Waals surface area (Å²) in [5.74, 6) is 0.500. The molecule has 1 amide bonds. The van der Waals surface area contributed by atoms with Crippen molar-refractivity contribution in [3.8, 4) is 0 Å². The monoisotopic (exact) mass is 257 g/mol. The highest BCUT2D eigenvalue weighted by Crippen LogP contribution is 2.21. The summed E-state index contributed by atoms with van der Waals surface area (Å²) in [5.41, 5.74) is 6.92. The second-order valence-corrected chi connectivity index (χ2v) is 4.07. The minimum atomic E-state index is -0.314. The Morgan fingerprint density at radius 2 is 2.21 bits per heavy atom. The highest BCUT2D eigenvalue weighted by atomic mass is 16.5. The van der Waals surface area contributed by atoms with Crippen LogP contribution < -0.4 is 11.1 Å². The number of anilines is 1. The van der Waals surface area contributed by atoms with Crippen molar-refractivity contribution >= 4 is 22.6 Å². The third kappa shape index (κ3) is 2.28. The average molecular weight is 257 g/mol. The number of hydrogen-bond acceptors (Lipinski definition) is 5. The molecule has 0 unspecified atom stereocenters. The van der Waals surface area contributed by atoms with Crippen LogP contribution in [-0.4, -0.2) is 11.1 Å². The van der Waals surface area contributed by atoms with Crippen molar-refractivity contribution < 1.29 is 13.7 Å². The first-order chi connectivity index (χ1) is 9.22. The normalized spacial score (nSPS) is 10.7. The third-order valence-electron chi connectivity index (χ3n) is 2.68. The van der Waals surface area contributed by atoms with Crippen LogP contribution in [0.4, 0.5) is 5.69 Å². The fourth-order valence-electron chi connectivity index (χ4n) is 1.76. The Morgan fingerprint density at radius 1 is 1.32 bits per heavy atom. The number of rotatable bonds is 3. The molecule has 6 heteroatoms. The first-order valence-corrected chi connectivity index (χ1v) is 5.69. The lowest BCUT2D eigenvalue weighted by Crippen LogP contribution is -2.21. The maximum absolute atomic E-state index is 11.9. The summed E-state index contributed by atoms with van der Waals surface area (Å²) in [6.07, 6.45) is 1.52. The van der Waals surface area contributed by atoms with E-state index in [9.17, 15) is 4.79 Å². The summed E-state index contributed by atoms with van der Waals surface area (Å²) < 4.78 is 10.3. The molecule has 0 fully saturated rings. The van der Waals surface area contributed by atoms with Crippen LogP contribution in [-0.2, 0) is 6.54 Å². The van der Waals surface area contributed by atoms with Gasteiger partial charge in [0.2, 0.25) is 0 Å². The van der Waals surface area contributed by atoms with Crippen LogP contribution in [0.15, 0.2) is 45.5 Å². The van der Waals surface area contributed by atoms with Gasteiger partial charge in [0.25, 0.3) is 5.91 Å². The van der Waals surface area contributed by atoms with Gasteiger partial charge in [0.1, 0.15) is 5.58 Å². The second kappa shape index (κ2) is 4.49. The van der Waals surface area contributed by atoms with Gasteiger partial charge in [-0.25, -0.2) is 0 Å². The standard InChI is InChI=1S/C13H11N3O3/c14-9-1-2-11-8(5-9)6-12(18-11)13(17)15-7-10-3-4-16-19-10/h1-6H,7,14H2,(H,15,17). The minimum Gasteiger partial charge on any atom is -0.451 e. The fraction of sp³-hybridized carbons (Fsp3) is 0.0769. The molecule has 3 N–H and O–H groups in total. The van der Waals surface area contributed by atoms with Gasteiger partial charge in [-0.05, 0) is 24.3 Å². The molecule has 3 aromatic rings. The van der Waals surface area contributed by atoms with Gasteiger partial charge in [0.15, 0.2) is 11.5 Å². The zero-order valence-electron chi connectivity index (χ0n) is 9.92. The van der Waals surface area contributed by atoms with E-state index in [-0.39, 0.29) is 18.2 Å². The Kier molecular flexibility index (Phi) is 2.68. The van der Waals surface area contributed by atoms with Crippen molar-refractivity contribution in [2.45, 2.75) is 6.54 Å². The van der Waals surface area contributed by atoms with Gasteiger partial charge in [-0.2, -0.15) is 0 Å². The minimum absolute atomic E-state index is 0.236. The molecule has 19 heavy (non-hydrogen) atoms. The van der Waals surface area contributed by atoms with Crippen molar-refractivity contribution in [2.24, 2.45) is 0 Å². The molecule has 0 aliphatic rings. The first kappa shape index (κ1) is 11.3. The van der Waals surface area contributed by atoms with Gasteiger partial charge in [-0.15, -0.1) is 0 Å². The Labute approximate surface area is 108 Å². The van der Waals surface area contributed by atoms with E-state index in [0.717, 1.165) is 5.39 Å². The van der Waals surface area contributed by atoms with Gasteiger partial charge < -0.3 is 20.0 Å². The van der Waals surface area contributed by atoms with Crippen LogP contribution in [0.1, 0.15) is 16.3 Å². The molecule has 2 aromatic heterocycles. The van der Waals surface area contributed by atoms with Crippen LogP contribution in [0.25, 0.3) is 11.0 Å². The molecule has 0 radical (unpaired) electrons. The van der Waals surface area contributed by atoms with Crippen LogP contribution >= 0.6 is 0 Å². The number of carbonyl (C=O) groups excluding carboxylic acids is 1. The van der Waals surface area contributed by atoms with Gasteiger partial charge in [0, 0.05) is 17.1 Å². The largest absolute Gasteiger partial charge is 0.451 e. The summed E-state index contributed by atoms with van der Waals surface area (Å²) in [6.45, 7) is 0.262. The average Bonchev–Trinajstić information content (AvgIpc) is 3.04. The first-order valence-electron chi connectivity index (χ1n) is 5.69. The highest BCUT2D eigenvalue weighted by molar-refractivity contribution is 5.96. The Morgan fingerprint density at radius 3 is 3.00 bits per heavy atom. The molecule has 0 saturated carbocycles. The maximum atomic E-state index is 11.9. The molecule has 0 bridgehead atoms. The van der Waals surface area contributed by atoms with E-state index in [1.165, 1.54) is 6.20 Å². The lowest BCUT2D eigenvalue weighted by atomic mass is 10.2. The molecule has 6 nitrogen and oxygen atoms in total. The Bertz CT molecular complexity index is 716. The number of furan rings is 1. The zero-order chi connectivity index (χ0) is 13.2. The van der Waals surface area contributed by atoms with Crippen LogP contribution in [0, 0.1) is 0 Å². The molecule has 2 heterocycles. The Balaban J connectivity index is 1.77. The van der Waals surface area contributed by atoms with E-state index >= 15 is 0 Å². The van der Waals surface area contributed by atoms with Gasteiger partial charge in [-0.3, -0.25) is 4.79 Å². The predicted octanol–water partition coefficient (Wildman–Crippen LogP) is 1.93. The molecule has 3 rings (SSSR count). The molecule has 0 atom stereocenters. The smallest absolute Gasteiger partial charge is 0.287 e. The third-order valence-corrected chi connectivity index (χ3v) is 2.68. The predicted molar refractivity (Wildman–Crippen MR) is 68.3 cm³/mol. The molecule has 0 aliphatic heterocycles. The number of nitrogen functional groups attached to an aromatic ring is 1. The number of nitrogens with one attached hydrogen (secondary N) is 1. The number of amides is 1. The van der Waals surface area contributed by atoms with Crippen LogP contribution in [0.5, 0.6) is 0 Å². The van der Waals surface area contributed by atoms with Crippen LogP contribution in [0.3, 0.4) is 0 Å². The van der Waals surface area contributed by atoms with E-state index in [2.05, 4.69) is 10.5 Å². The van der Waals surface area contributed by atoms with E-state index in [1.807, 2.05) is 0 Å². The number of hydrogen-bond donors (Lipinski definition) is 2. The lowest BCUT2D eigenvalue weighted by Gasteiger charge is -1.98. The van der Waals surface area contributed by atoms with Gasteiger partial charge >= 0.3 is 0 Å². The molecular weight excluding hydrogens is 246 g/mol. The number of nitrogens with zero attached hydrogens (tertiary/aromatic N) is 1. The quantitative estimate of drug-likeness (QED) is 0.699. The van der Waals surface area contributed by atoms with Crippen molar-refractivity contribution in [1.82, 2.24) is 10.5 Å². The summed E-state index contributed by atoms with van der Waals surface area (Å²) in [6, 6.07) is 8.55. The summed E-state index contributed by atoms with van der Waals surface area (Å²) in [4.78, 5) is 11.9. The molecule has 0 aliphatic carbocycles. The lowest BCUT2D eigenvalue weighted by molar-refractivity contribution is 0.0921. The van der Waals surface area contributed by atoms with E-state index < -0.39 is 0 Å². The second-order valence-electron chi connectivity index (χ2n) is 4.07. The van der Waals surface area contributed by atoms with Crippen molar-refractivity contribution in [2.75, 3.05) is 5.73 Å². The molecule has 0 saturated heterocycles. The Hall–Kier alpha value is -2.76. The number of benzene rings is 1. The molecule has 1 aromatic carbocycles. The molecule has 0 spiro atoms. The molecule has 96 valence electrons. The zero-order valence-corrected chi connectivity index (χ0v) is 9.92. The van der Waals surface area contributed by atoms with Crippen LogP contribution in [0.2, 0.25) is 0 Å². The van der Waals surface area contributed by atoms with Gasteiger partial charge in [-0.1, -0.05) is 5.16 Å². The maximum Gasteiger partial charge on any atom is 0.287 e. The SMILES string of the molecule is Nc1ccc2oc(C(=O)NCc3ccno3)cc2c1. The number of nitrogens with two attached hydrogens (primary N) is 1. The number of fused-ring (bicyclic) bond motifs is 1. The number of carbonyl (C=O) groups is 1. The van der Waals surface area contributed by atoms with Gasteiger partial charge in [0.05, 0.1) is 12.7 Å². The van der Waals surface area contributed by atoms with E-state index in [0.29, 0.717) is 17.0 Å². The van der Waals surface area contributed by atoms with E-state index in [1.54, 1.807) is 30.3 Å². The topological polar surface area (TPSA) is 94.3 Å². The summed E-state index contributed by atoms with van der Waals surface area (Å²) in [5, 5.41) is 7.03. The van der Waals surface area contributed by atoms with Crippen molar-refractivity contribution in [1.29, 1.82) is 0 Å².